The fourth-order valence-electron chi connectivity index (χ4n) is 3.44. The number of nitrogen functional groups attached to an aromatic ring is 1. The van der Waals surface area contributed by atoms with Gasteiger partial charge in [-0.25, -0.2) is 0 Å². The molecule has 4 heteroatoms. The minimum atomic E-state index is 0.139. The zero-order chi connectivity index (χ0) is 17.3. The molecule has 0 saturated carbocycles. The van der Waals surface area contributed by atoms with Gasteiger partial charge in [-0.2, -0.15) is 0 Å². The number of hydrogen-bond donors (Lipinski definition) is 2. The average Bonchev–Trinajstić information content (AvgIpc) is 2.91. The first kappa shape index (κ1) is 16.5. The Kier molecular flexibility index (Phi) is 4.58. The minimum absolute atomic E-state index is 0.139. The molecular weight excluding hydrogens is 298 g/mol. The van der Waals surface area contributed by atoms with Crippen LogP contribution in [0.3, 0.4) is 0 Å². The second-order valence-corrected chi connectivity index (χ2v) is 6.63. The second-order valence-electron chi connectivity index (χ2n) is 6.63. The van der Waals surface area contributed by atoms with Gasteiger partial charge in [-0.3, -0.25) is 4.99 Å². The highest BCUT2D eigenvalue weighted by Crippen LogP contribution is 2.37. The number of anilines is 1. The minimum Gasteiger partial charge on any atom is -0.398 e. The largest absolute Gasteiger partial charge is 0.398 e. The maximum absolute atomic E-state index is 5.75. The first-order valence-electron chi connectivity index (χ1n) is 8.30. The smallest absolute Gasteiger partial charge is 0.121 e. The lowest BCUT2D eigenvalue weighted by Gasteiger charge is -2.22. The van der Waals surface area contributed by atoms with Crippen molar-refractivity contribution < 1.29 is 4.74 Å². The van der Waals surface area contributed by atoms with E-state index >= 15 is 0 Å². The predicted octanol–water partition coefficient (Wildman–Crippen LogP) is 3.23. The van der Waals surface area contributed by atoms with Crippen LogP contribution in [0.25, 0.3) is 0 Å². The van der Waals surface area contributed by atoms with Crippen molar-refractivity contribution in [3.05, 3.63) is 64.2 Å². The topological polar surface area (TPSA) is 73.6 Å². The third-order valence-corrected chi connectivity index (χ3v) is 4.64. The van der Waals surface area contributed by atoms with E-state index in [1.54, 1.807) is 0 Å². The van der Waals surface area contributed by atoms with Crippen molar-refractivity contribution in [1.29, 1.82) is 0 Å². The van der Waals surface area contributed by atoms with Crippen LogP contribution in [-0.2, 0) is 11.2 Å². The molecule has 0 spiro atoms. The average molecular weight is 323 g/mol. The normalized spacial score (nSPS) is 21.2. The van der Waals surface area contributed by atoms with Crippen LogP contribution in [0.1, 0.15) is 33.9 Å². The molecule has 1 aliphatic carbocycles. The van der Waals surface area contributed by atoms with Crippen LogP contribution in [0.2, 0.25) is 0 Å². The van der Waals surface area contributed by atoms with E-state index in [4.69, 9.17) is 16.2 Å². The number of aryl methyl sites for hydroxylation is 3. The van der Waals surface area contributed by atoms with Crippen LogP contribution in [0, 0.1) is 20.8 Å². The van der Waals surface area contributed by atoms with Gasteiger partial charge in [-0.1, -0.05) is 42.0 Å². The van der Waals surface area contributed by atoms with Crippen molar-refractivity contribution in [3.8, 4) is 0 Å². The van der Waals surface area contributed by atoms with E-state index < -0.39 is 0 Å². The van der Waals surface area contributed by atoms with E-state index in [0.29, 0.717) is 12.4 Å². The second kappa shape index (κ2) is 6.65. The third kappa shape index (κ3) is 3.29. The number of amidine groups is 1. The van der Waals surface area contributed by atoms with Crippen LogP contribution in [0.5, 0.6) is 0 Å². The molecular formula is C20H25N3O. The Morgan fingerprint density at radius 3 is 2.42 bits per heavy atom. The monoisotopic (exact) mass is 323 g/mol. The Balaban J connectivity index is 0.000000150. The molecule has 2 aromatic rings. The predicted molar refractivity (Wildman–Crippen MR) is 99.3 cm³/mol. The molecule has 0 aromatic heterocycles. The fourth-order valence-corrected chi connectivity index (χ4v) is 3.44. The molecule has 0 saturated heterocycles. The summed E-state index contributed by atoms with van der Waals surface area (Å²) >= 11 is 0. The van der Waals surface area contributed by atoms with E-state index in [0.717, 1.165) is 12.1 Å². The van der Waals surface area contributed by atoms with Gasteiger partial charge in [0, 0.05) is 12.1 Å². The molecule has 2 unspecified atom stereocenters. The Bertz CT molecular complexity index is 759. The van der Waals surface area contributed by atoms with Gasteiger partial charge in [0.1, 0.15) is 18.5 Å². The number of aliphatic imine (C=N–C) groups is 1. The zero-order valence-corrected chi connectivity index (χ0v) is 14.5. The molecule has 0 fully saturated rings. The summed E-state index contributed by atoms with van der Waals surface area (Å²) in [5.74, 6) is 0.614. The lowest BCUT2D eigenvalue weighted by molar-refractivity contribution is 0.0601. The van der Waals surface area contributed by atoms with Gasteiger partial charge in [0.15, 0.2) is 0 Å². The van der Waals surface area contributed by atoms with Gasteiger partial charge < -0.3 is 16.2 Å². The van der Waals surface area contributed by atoms with Crippen LogP contribution >= 0.6 is 0 Å². The first-order chi connectivity index (χ1) is 11.5. The Morgan fingerprint density at radius 2 is 1.71 bits per heavy atom. The molecule has 1 aliphatic heterocycles. The van der Waals surface area contributed by atoms with Crippen LogP contribution in [0.15, 0.2) is 41.4 Å². The van der Waals surface area contributed by atoms with E-state index in [-0.39, 0.29) is 12.1 Å². The summed E-state index contributed by atoms with van der Waals surface area (Å²) in [4.78, 5) is 4.46. The van der Waals surface area contributed by atoms with E-state index in [1.807, 2.05) is 19.9 Å². The third-order valence-electron chi connectivity index (χ3n) is 4.64. The van der Waals surface area contributed by atoms with Crippen molar-refractivity contribution in [2.75, 3.05) is 12.3 Å². The molecule has 2 aromatic carbocycles. The van der Waals surface area contributed by atoms with E-state index in [9.17, 15) is 0 Å². The van der Waals surface area contributed by atoms with Crippen LogP contribution in [-0.4, -0.2) is 18.5 Å². The number of fused-ring (bicyclic) bond motifs is 3. The highest BCUT2D eigenvalue weighted by Gasteiger charge is 2.35. The number of nitrogens with zero attached hydrogens (tertiary/aromatic N) is 1. The number of benzene rings is 2. The first-order valence-corrected chi connectivity index (χ1v) is 8.30. The number of rotatable bonds is 0. The highest BCUT2D eigenvalue weighted by atomic mass is 16.5. The maximum atomic E-state index is 5.75. The molecule has 0 amide bonds. The van der Waals surface area contributed by atoms with Crippen molar-refractivity contribution in [1.82, 2.24) is 0 Å². The van der Waals surface area contributed by atoms with E-state index in [2.05, 4.69) is 42.2 Å². The summed E-state index contributed by atoms with van der Waals surface area (Å²) in [6.07, 6.45) is 1.18. The van der Waals surface area contributed by atoms with Gasteiger partial charge in [0.05, 0.1) is 6.10 Å². The van der Waals surface area contributed by atoms with Gasteiger partial charge in [0.2, 0.25) is 0 Å². The quantitative estimate of drug-likeness (QED) is 0.731. The number of hydrogen-bond acceptors (Lipinski definition) is 4. The molecule has 24 heavy (non-hydrogen) atoms. The Morgan fingerprint density at radius 1 is 1.04 bits per heavy atom. The fraction of sp³-hybridized carbons (Fsp3) is 0.350. The zero-order valence-electron chi connectivity index (χ0n) is 14.5. The van der Waals surface area contributed by atoms with Gasteiger partial charge >= 0.3 is 0 Å². The number of nitrogens with two attached hydrogens (primary N) is 2. The van der Waals surface area contributed by atoms with Crippen molar-refractivity contribution >= 4 is 11.5 Å². The summed E-state index contributed by atoms with van der Waals surface area (Å²) in [7, 11) is 0. The molecule has 2 aliphatic rings. The van der Waals surface area contributed by atoms with E-state index in [1.165, 1.54) is 27.8 Å². The highest BCUT2D eigenvalue weighted by molar-refractivity contribution is 5.82. The Labute approximate surface area is 143 Å². The molecule has 1 heterocycles. The summed E-state index contributed by atoms with van der Waals surface area (Å²) in [5.41, 5.74) is 18.6. The summed E-state index contributed by atoms with van der Waals surface area (Å²) in [6.45, 7) is 6.64. The summed E-state index contributed by atoms with van der Waals surface area (Å²) in [6, 6.07) is 12.7. The maximum Gasteiger partial charge on any atom is 0.121 e. The summed E-state index contributed by atoms with van der Waals surface area (Å²) < 4.78 is 5.64. The van der Waals surface area contributed by atoms with Gasteiger partial charge in [0.25, 0.3) is 0 Å². The van der Waals surface area contributed by atoms with Crippen LogP contribution < -0.4 is 11.5 Å². The molecule has 4 N–H and O–H groups in total. The van der Waals surface area contributed by atoms with Gasteiger partial charge in [-0.15, -0.1) is 0 Å². The molecule has 4 rings (SSSR count). The standard InChI is InChI=1S/C11H12N2O.C9H13N/c12-10-6-14-9-5-7-3-1-2-4-8(7)11(9)13-10;1-6-4-7(2)9(10)8(3)5-6/h1-4,9,11H,5-6H2,(H2,12,13);4-5H,10H2,1-3H3. The Hall–Kier alpha value is -2.33. The molecule has 4 nitrogen and oxygen atoms in total. The van der Waals surface area contributed by atoms with Crippen molar-refractivity contribution in [2.45, 2.75) is 39.3 Å². The van der Waals surface area contributed by atoms with Gasteiger partial charge in [-0.05, 0) is 43.0 Å². The lowest BCUT2D eigenvalue weighted by atomic mass is 10.1. The number of ether oxygens (including phenoxy) is 1. The molecule has 0 radical (unpaired) electrons. The summed E-state index contributed by atoms with van der Waals surface area (Å²) in [5, 5.41) is 0. The van der Waals surface area contributed by atoms with Crippen molar-refractivity contribution in [3.63, 3.8) is 0 Å². The van der Waals surface area contributed by atoms with Crippen LogP contribution in [0.4, 0.5) is 5.69 Å². The molecule has 0 bridgehead atoms. The lowest BCUT2D eigenvalue weighted by Crippen LogP contribution is -2.32. The molecule has 2 atom stereocenters. The SMILES string of the molecule is Cc1cc(C)c(N)c(C)c1.NC1=NC2c3ccccc3CC2OC1. The molecule has 126 valence electrons. The van der Waals surface area contributed by atoms with Crippen molar-refractivity contribution in [2.24, 2.45) is 10.7 Å².